The van der Waals surface area contributed by atoms with Crippen LogP contribution >= 0.6 is 11.8 Å². The van der Waals surface area contributed by atoms with E-state index >= 15 is 0 Å². The van der Waals surface area contributed by atoms with Gasteiger partial charge in [-0.2, -0.15) is 0 Å². The van der Waals surface area contributed by atoms with Gasteiger partial charge < -0.3 is 4.90 Å². The second kappa shape index (κ2) is 24.1. The Kier molecular flexibility index (Phi) is 15.0. The molecule has 0 bridgehead atoms. The minimum absolute atomic E-state index is 0.0683. The molecule has 14 aromatic rings. The van der Waals surface area contributed by atoms with Crippen molar-refractivity contribution in [3.05, 3.63) is 363 Å². The smallest absolute Gasteiger partial charge is 0.249 e. The van der Waals surface area contributed by atoms with Crippen LogP contribution in [0.3, 0.4) is 0 Å². The molecule has 0 atom stereocenters. The molecule has 0 saturated heterocycles. The third kappa shape index (κ3) is 10.0. The number of nitrogens with zero attached hydrogens (tertiary/aromatic N) is 1. The van der Waals surface area contributed by atoms with Crippen LogP contribution in [0.25, 0.3) is 44.5 Å². The van der Waals surface area contributed by atoms with Crippen LogP contribution in [0.1, 0.15) is 26.3 Å². The molecule has 16 rings (SSSR count). The maximum absolute atomic E-state index is 3.32. The number of fused-ring (bicyclic) bond motifs is 4. The van der Waals surface area contributed by atoms with E-state index in [1.807, 2.05) is 11.8 Å². The maximum Gasteiger partial charge on any atom is 0.249 e. The van der Waals surface area contributed by atoms with Gasteiger partial charge in [0, 0.05) is 32.3 Å². The minimum Gasteiger partial charge on any atom is -0.310 e. The van der Waals surface area contributed by atoms with Gasteiger partial charge in [-0.05, 0) is 121 Å². The third-order valence-corrected chi connectivity index (χ3v) is 30.2. The number of benzene rings is 14. The van der Waals surface area contributed by atoms with Gasteiger partial charge in [0.15, 0.2) is 16.1 Å². The predicted molar refractivity (Wildman–Crippen MR) is 404 cm³/mol. The molecule has 2 aliphatic heterocycles. The molecule has 0 aromatic heterocycles. The number of para-hydroxylation sites is 1. The van der Waals surface area contributed by atoms with Crippen LogP contribution in [-0.2, 0) is 5.41 Å². The average molecular weight is 1240 g/mol. The van der Waals surface area contributed by atoms with Crippen molar-refractivity contribution in [3.8, 4) is 44.5 Å². The summed E-state index contributed by atoms with van der Waals surface area (Å²) in [6.07, 6.45) is 0. The van der Waals surface area contributed by atoms with Crippen LogP contribution in [0.4, 0.5) is 17.1 Å². The molecular weight excluding hydrogens is 1170 g/mol. The zero-order valence-corrected chi connectivity index (χ0v) is 55.3. The van der Waals surface area contributed by atoms with E-state index in [1.165, 1.54) is 118 Å². The molecule has 0 spiro atoms. The summed E-state index contributed by atoms with van der Waals surface area (Å²) in [5.74, 6) is 0. The van der Waals surface area contributed by atoms with Gasteiger partial charge in [-0.3, -0.25) is 0 Å². The van der Waals surface area contributed by atoms with E-state index < -0.39 is 16.1 Å². The summed E-state index contributed by atoms with van der Waals surface area (Å²) >= 11 is 1.97. The fraction of sp³-hybridized carbons (Fsp3) is 0.0455. The Morgan fingerprint density at radius 1 is 0.280 bits per heavy atom. The predicted octanol–water partition coefficient (Wildman–Crippen LogP) is 15.2. The molecular formula is C88H68BNSSi2. The fourth-order valence-corrected chi connectivity index (χ4v) is 26.2. The van der Waals surface area contributed by atoms with Crippen molar-refractivity contribution in [2.45, 2.75) is 36.0 Å². The highest BCUT2D eigenvalue weighted by Crippen LogP contribution is 2.49. The molecule has 0 N–H and O–H groups in total. The zero-order chi connectivity index (χ0) is 62.5. The van der Waals surface area contributed by atoms with Crippen molar-refractivity contribution < 1.29 is 0 Å². The first-order valence-electron chi connectivity index (χ1n) is 32.5. The van der Waals surface area contributed by atoms with E-state index in [1.54, 1.807) is 0 Å². The zero-order valence-electron chi connectivity index (χ0n) is 52.5. The first-order valence-corrected chi connectivity index (χ1v) is 37.3. The standard InChI is InChI=1S/C88H68BNSSi2/c1-88(2,3)69-53-55-81-84(59-69)91-85-62-77(93(72-45-24-10-25-46-72,73-47-26-11-27-48-73)75-50-29-40-68(58-75)64-33-14-5-15-34-64)61-83-86(85)89(81)80-56-54-76(60-82(80)90(83)87-78(65-35-16-6-17-36-65)51-30-52-79(87)66-37-18-7-19-38-66)92(70-41-20-8-21-42-70,71-43-22-9-23-44-71)74-49-28-39-67(57-74)63-31-12-4-13-32-63/h4-62H,1-3H3. The molecule has 93 heavy (non-hydrogen) atoms. The molecule has 2 heterocycles. The number of anilines is 3. The second-order valence-corrected chi connectivity index (χ2v) is 34.5. The Labute approximate surface area is 554 Å². The van der Waals surface area contributed by atoms with Crippen LogP contribution in [0.15, 0.2) is 368 Å². The molecule has 5 heteroatoms. The van der Waals surface area contributed by atoms with E-state index in [-0.39, 0.29) is 12.1 Å². The van der Waals surface area contributed by atoms with Crippen LogP contribution in [0, 0.1) is 0 Å². The summed E-state index contributed by atoms with van der Waals surface area (Å²) in [6.45, 7) is 6.95. The summed E-state index contributed by atoms with van der Waals surface area (Å²) in [4.78, 5) is 5.37. The van der Waals surface area contributed by atoms with E-state index in [0.29, 0.717) is 0 Å². The van der Waals surface area contributed by atoms with Crippen LogP contribution in [-0.4, -0.2) is 22.9 Å². The number of hydrogen-bond acceptors (Lipinski definition) is 2. The van der Waals surface area contributed by atoms with Gasteiger partial charge in [0.05, 0.1) is 5.69 Å². The SMILES string of the molecule is CC(C)(C)c1ccc2c(c1)Sc1cc([Si](c3ccccc3)(c3ccccc3)c3cccc(-c4ccccc4)c3)cc3c1B2c1ccc([Si](c2ccccc2)(c2ccccc2)c2cccc(-c4ccccc4)c2)cc1N3c1c(-c2ccccc2)cccc1-c1ccccc1. The van der Waals surface area contributed by atoms with Crippen molar-refractivity contribution in [1.82, 2.24) is 0 Å². The third-order valence-electron chi connectivity index (χ3n) is 19.6. The first kappa shape index (κ1) is 57.9. The van der Waals surface area contributed by atoms with Crippen molar-refractivity contribution in [1.29, 1.82) is 0 Å². The molecule has 442 valence electrons. The second-order valence-electron chi connectivity index (χ2n) is 25.8. The molecule has 1 nitrogen and oxygen atoms in total. The highest BCUT2D eigenvalue weighted by Gasteiger charge is 2.49. The van der Waals surface area contributed by atoms with Gasteiger partial charge in [-0.15, -0.1) is 0 Å². The molecule has 0 unspecified atom stereocenters. The van der Waals surface area contributed by atoms with Crippen LogP contribution < -0.4 is 62.8 Å². The molecule has 0 amide bonds. The Balaban J connectivity index is 1.08. The minimum atomic E-state index is -3.32. The van der Waals surface area contributed by atoms with Gasteiger partial charge in [0.1, 0.15) is 0 Å². The normalized spacial score (nSPS) is 12.6. The van der Waals surface area contributed by atoms with Gasteiger partial charge >= 0.3 is 0 Å². The lowest BCUT2D eigenvalue weighted by molar-refractivity contribution is 0.589. The maximum atomic E-state index is 2.77. The van der Waals surface area contributed by atoms with Crippen molar-refractivity contribution in [3.63, 3.8) is 0 Å². The molecule has 0 radical (unpaired) electrons. The van der Waals surface area contributed by atoms with Gasteiger partial charge in [-0.1, -0.05) is 372 Å². The summed E-state index contributed by atoms with van der Waals surface area (Å²) in [5, 5.41) is 10.6. The monoisotopic (exact) mass is 1240 g/mol. The lowest BCUT2D eigenvalue weighted by Crippen LogP contribution is -2.75. The Morgan fingerprint density at radius 2 is 0.645 bits per heavy atom. The van der Waals surface area contributed by atoms with Crippen LogP contribution in [0.5, 0.6) is 0 Å². The molecule has 0 saturated carbocycles. The largest absolute Gasteiger partial charge is 0.310 e. The van der Waals surface area contributed by atoms with Crippen molar-refractivity contribution >= 4 is 110 Å². The Hall–Kier alpha value is -10.3. The van der Waals surface area contributed by atoms with Gasteiger partial charge in [-0.25, -0.2) is 0 Å². The molecule has 14 aromatic carbocycles. The Morgan fingerprint density at radius 3 is 1.10 bits per heavy atom. The summed E-state index contributed by atoms with van der Waals surface area (Å²) in [7, 11) is -6.58. The summed E-state index contributed by atoms with van der Waals surface area (Å²) in [6, 6.07) is 137. The molecule has 0 fully saturated rings. The Bertz CT molecular complexity index is 4890. The van der Waals surface area contributed by atoms with E-state index in [0.717, 1.165) is 16.8 Å². The highest BCUT2D eigenvalue weighted by molar-refractivity contribution is 8.00. The topological polar surface area (TPSA) is 3.24 Å². The first-order chi connectivity index (χ1) is 45.8. The molecule has 0 aliphatic carbocycles. The summed E-state index contributed by atoms with van der Waals surface area (Å²) < 4.78 is 0. The lowest BCUT2D eigenvalue weighted by Gasteiger charge is -2.44. The number of hydrogen-bond donors (Lipinski definition) is 0. The fourth-order valence-electron chi connectivity index (χ4n) is 15.3. The lowest BCUT2D eigenvalue weighted by atomic mass is 9.35. The highest BCUT2D eigenvalue weighted by atomic mass is 32.2. The summed E-state index contributed by atoms with van der Waals surface area (Å²) in [5.41, 5.74) is 18.3. The van der Waals surface area contributed by atoms with Gasteiger partial charge in [0.2, 0.25) is 6.71 Å². The number of rotatable bonds is 13. The van der Waals surface area contributed by atoms with E-state index in [9.17, 15) is 0 Å². The van der Waals surface area contributed by atoms with E-state index in [2.05, 4.69) is 384 Å². The average Bonchev–Trinajstić information content (AvgIpc) is 0.699. The quantitative estimate of drug-likeness (QED) is 0.0836. The van der Waals surface area contributed by atoms with Crippen LogP contribution in [0.2, 0.25) is 0 Å². The van der Waals surface area contributed by atoms with Gasteiger partial charge in [0.25, 0.3) is 0 Å². The van der Waals surface area contributed by atoms with Crippen molar-refractivity contribution in [2.24, 2.45) is 0 Å². The molecule has 2 aliphatic rings. The van der Waals surface area contributed by atoms with E-state index in [4.69, 9.17) is 0 Å². The van der Waals surface area contributed by atoms with Crippen molar-refractivity contribution in [2.75, 3.05) is 4.90 Å².